The van der Waals surface area contributed by atoms with Gasteiger partial charge in [0.05, 0.1) is 16.8 Å². The maximum Gasteiger partial charge on any atom is 0.259 e. The zero-order valence-electron chi connectivity index (χ0n) is 15.9. The molecule has 0 bridgehead atoms. The Labute approximate surface area is 181 Å². The molecule has 0 aliphatic rings. The van der Waals surface area contributed by atoms with Crippen LogP contribution in [0.5, 0.6) is 0 Å². The van der Waals surface area contributed by atoms with Crippen molar-refractivity contribution in [2.45, 2.75) is 32.6 Å². The van der Waals surface area contributed by atoms with Gasteiger partial charge >= 0.3 is 0 Å². The largest absolute Gasteiger partial charge is 0.321 e. The Morgan fingerprint density at radius 3 is 2.38 bits per heavy atom. The summed E-state index contributed by atoms with van der Waals surface area (Å²) < 4.78 is 0.684. The van der Waals surface area contributed by atoms with Crippen molar-refractivity contribution >= 4 is 49.9 Å². The predicted molar refractivity (Wildman–Crippen MR) is 120 cm³/mol. The molecule has 150 valence electrons. The number of nitrogens with one attached hydrogen (secondary N) is 2. The van der Waals surface area contributed by atoms with Crippen molar-refractivity contribution in [2.75, 3.05) is 10.6 Å². The lowest BCUT2D eigenvalue weighted by Crippen LogP contribution is -2.18. The van der Waals surface area contributed by atoms with Crippen LogP contribution < -0.4 is 10.6 Å². The molecule has 0 aliphatic carbocycles. The minimum absolute atomic E-state index is 0.299. The van der Waals surface area contributed by atoms with Crippen molar-refractivity contribution in [2.24, 2.45) is 0 Å². The summed E-state index contributed by atoms with van der Waals surface area (Å²) in [5.41, 5.74) is 1.28. The number of para-hydroxylation sites is 1. The monoisotopic (exact) mass is 472 g/mol. The number of hydrogen-bond donors (Lipinski definition) is 2. The normalized spacial score (nSPS) is 10.6. The average Bonchev–Trinajstić information content (AvgIpc) is 3.16. The first kappa shape index (κ1) is 21.1. The summed E-state index contributed by atoms with van der Waals surface area (Å²) in [7, 11) is 0. The summed E-state index contributed by atoms with van der Waals surface area (Å²) in [5.74, 6) is -0.642. The highest BCUT2D eigenvalue weighted by atomic mass is 79.9. The summed E-state index contributed by atoms with van der Waals surface area (Å²) in [4.78, 5) is 25.4. The molecule has 1 heterocycles. The first-order valence-corrected chi connectivity index (χ1v) is 11.0. The SMILES string of the molecule is CCCCCc1nnc(NC(=O)c2ccccc2NC(=O)c2ccccc2Br)s1. The topological polar surface area (TPSA) is 84.0 Å². The molecular formula is C21H21BrN4O2S. The molecule has 2 N–H and O–H groups in total. The minimum atomic E-state index is -0.343. The van der Waals surface area contributed by atoms with Crippen molar-refractivity contribution in [1.29, 1.82) is 0 Å². The fraction of sp³-hybridized carbons (Fsp3) is 0.238. The molecule has 0 fully saturated rings. The number of hydrogen-bond acceptors (Lipinski definition) is 5. The standard InChI is InChI=1S/C21H21BrN4O2S/c1-2-3-4-13-18-25-26-21(29-18)24-20(28)15-10-6-8-12-17(15)23-19(27)14-9-5-7-11-16(14)22/h5-12H,2-4,13H2,1H3,(H,23,27)(H,24,26,28). The van der Waals surface area contributed by atoms with Crippen LogP contribution in [0.15, 0.2) is 53.0 Å². The van der Waals surface area contributed by atoms with E-state index in [0.29, 0.717) is 26.4 Å². The molecule has 3 rings (SSSR count). The number of halogens is 1. The second kappa shape index (κ2) is 10.3. The highest BCUT2D eigenvalue weighted by molar-refractivity contribution is 9.10. The lowest BCUT2D eigenvalue weighted by Gasteiger charge is -2.11. The van der Waals surface area contributed by atoms with Gasteiger partial charge in [-0.15, -0.1) is 10.2 Å². The van der Waals surface area contributed by atoms with Crippen molar-refractivity contribution in [3.8, 4) is 0 Å². The van der Waals surface area contributed by atoms with Gasteiger partial charge in [-0.3, -0.25) is 14.9 Å². The summed E-state index contributed by atoms with van der Waals surface area (Å²) in [6.07, 6.45) is 4.21. The average molecular weight is 473 g/mol. The summed E-state index contributed by atoms with van der Waals surface area (Å²) in [5, 5.41) is 15.1. The third-order valence-electron chi connectivity index (χ3n) is 4.22. The number of benzene rings is 2. The molecule has 8 heteroatoms. The van der Waals surface area contributed by atoms with Crippen molar-refractivity contribution in [3.05, 3.63) is 69.1 Å². The van der Waals surface area contributed by atoms with E-state index < -0.39 is 0 Å². The van der Waals surface area contributed by atoms with Gasteiger partial charge in [0.2, 0.25) is 5.13 Å². The van der Waals surface area contributed by atoms with Crippen LogP contribution in [-0.4, -0.2) is 22.0 Å². The van der Waals surface area contributed by atoms with E-state index in [1.807, 2.05) is 6.07 Å². The van der Waals surface area contributed by atoms with E-state index in [1.165, 1.54) is 11.3 Å². The van der Waals surface area contributed by atoms with E-state index in [1.54, 1.807) is 42.5 Å². The highest BCUT2D eigenvalue weighted by Gasteiger charge is 2.17. The third-order valence-corrected chi connectivity index (χ3v) is 5.81. The molecule has 0 aliphatic heterocycles. The Balaban J connectivity index is 1.70. The summed E-state index contributed by atoms with van der Waals surface area (Å²) >= 11 is 4.75. The van der Waals surface area contributed by atoms with Gasteiger partial charge in [-0.05, 0) is 46.6 Å². The van der Waals surface area contributed by atoms with E-state index in [-0.39, 0.29) is 11.8 Å². The minimum Gasteiger partial charge on any atom is -0.321 e. The molecule has 0 spiro atoms. The molecule has 6 nitrogen and oxygen atoms in total. The van der Waals surface area contributed by atoms with Gasteiger partial charge in [0, 0.05) is 10.9 Å². The molecule has 0 radical (unpaired) electrons. The molecule has 3 aromatic rings. The Bertz CT molecular complexity index is 1010. The molecule has 0 unspecified atom stereocenters. The van der Waals surface area contributed by atoms with Crippen LogP contribution in [0.25, 0.3) is 0 Å². The molecule has 29 heavy (non-hydrogen) atoms. The number of unbranched alkanes of at least 4 members (excludes halogenated alkanes) is 2. The number of carbonyl (C=O) groups is 2. The molecule has 0 saturated carbocycles. The van der Waals surface area contributed by atoms with Crippen LogP contribution >= 0.6 is 27.3 Å². The second-order valence-electron chi connectivity index (χ2n) is 6.39. The maximum absolute atomic E-state index is 12.8. The van der Waals surface area contributed by atoms with E-state index in [2.05, 4.69) is 43.7 Å². The number of carbonyl (C=O) groups excluding carboxylic acids is 2. The van der Waals surface area contributed by atoms with Crippen molar-refractivity contribution < 1.29 is 9.59 Å². The van der Waals surface area contributed by atoms with Crippen LogP contribution in [0, 0.1) is 0 Å². The molecule has 0 atom stereocenters. The molecular weight excluding hydrogens is 452 g/mol. The molecule has 2 aromatic carbocycles. The summed E-state index contributed by atoms with van der Waals surface area (Å²) in [6.45, 7) is 2.15. The zero-order chi connectivity index (χ0) is 20.6. The lowest BCUT2D eigenvalue weighted by molar-refractivity contribution is 0.102. The quantitative estimate of drug-likeness (QED) is 0.421. The number of nitrogens with zero attached hydrogens (tertiary/aromatic N) is 2. The van der Waals surface area contributed by atoms with Crippen molar-refractivity contribution in [1.82, 2.24) is 10.2 Å². The van der Waals surface area contributed by atoms with Gasteiger partial charge in [0.15, 0.2) is 0 Å². The van der Waals surface area contributed by atoms with Crippen LogP contribution in [-0.2, 0) is 6.42 Å². The lowest BCUT2D eigenvalue weighted by atomic mass is 10.1. The van der Waals surface area contributed by atoms with Gasteiger partial charge in [-0.2, -0.15) is 0 Å². The van der Waals surface area contributed by atoms with Crippen LogP contribution in [0.1, 0.15) is 51.9 Å². The Hall–Kier alpha value is -2.58. The van der Waals surface area contributed by atoms with Crippen LogP contribution in [0.2, 0.25) is 0 Å². The highest BCUT2D eigenvalue weighted by Crippen LogP contribution is 2.23. The molecule has 0 saturated heterocycles. The van der Waals surface area contributed by atoms with E-state index in [4.69, 9.17) is 0 Å². The van der Waals surface area contributed by atoms with Gasteiger partial charge in [-0.1, -0.05) is 55.4 Å². The maximum atomic E-state index is 12.8. The number of amides is 2. The first-order chi connectivity index (χ1) is 14.1. The van der Waals surface area contributed by atoms with Crippen LogP contribution in [0.3, 0.4) is 0 Å². The number of aromatic nitrogens is 2. The third kappa shape index (κ3) is 5.71. The fourth-order valence-electron chi connectivity index (χ4n) is 2.72. The van der Waals surface area contributed by atoms with E-state index in [0.717, 1.165) is 30.7 Å². The zero-order valence-corrected chi connectivity index (χ0v) is 18.3. The van der Waals surface area contributed by atoms with E-state index >= 15 is 0 Å². The van der Waals surface area contributed by atoms with Gasteiger partial charge < -0.3 is 5.32 Å². The van der Waals surface area contributed by atoms with Crippen LogP contribution in [0.4, 0.5) is 10.8 Å². The van der Waals surface area contributed by atoms with Crippen molar-refractivity contribution in [3.63, 3.8) is 0 Å². The molecule has 2 amide bonds. The Morgan fingerprint density at radius 1 is 0.931 bits per heavy atom. The Morgan fingerprint density at radius 2 is 1.62 bits per heavy atom. The van der Waals surface area contributed by atoms with Gasteiger partial charge in [-0.25, -0.2) is 0 Å². The smallest absolute Gasteiger partial charge is 0.259 e. The van der Waals surface area contributed by atoms with E-state index in [9.17, 15) is 9.59 Å². The number of anilines is 2. The van der Waals surface area contributed by atoms with Gasteiger partial charge in [0.25, 0.3) is 11.8 Å². The second-order valence-corrected chi connectivity index (χ2v) is 8.31. The number of aryl methyl sites for hydroxylation is 1. The molecule has 1 aromatic heterocycles. The Kier molecular flexibility index (Phi) is 7.48. The number of rotatable bonds is 8. The first-order valence-electron chi connectivity index (χ1n) is 9.37. The predicted octanol–water partition coefficient (Wildman–Crippen LogP) is 5.54. The van der Waals surface area contributed by atoms with Gasteiger partial charge in [0.1, 0.15) is 5.01 Å². The summed E-state index contributed by atoms with van der Waals surface area (Å²) in [6, 6.07) is 14.0. The fourth-order valence-corrected chi connectivity index (χ4v) is 3.96.